The van der Waals surface area contributed by atoms with Gasteiger partial charge in [-0.25, -0.2) is 4.79 Å². The summed E-state index contributed by atoms with van der Waals surface area (Å²) in [6.07, 6.45) is 1.67. The molecule has 0 aromatic heterocycles. The first-order chi connectivity index (χ1) is 3.72. The third-order valence-electron chi connectivity index (χ3n) is 0.886. The fourth-order valence-electron chi connectivity index (χ4n) is 0.232. The predicted octanol–water partition coefficient (Wildman–Crippen LogP) is 1.29. The van der Waals surface area contributed by atoms with E-state index in [4.69, 9.17) is 0 Å². The minimum absolute atomic E-state index is 0.368. The summed E-state index contributed by atoms with van der Waals surface area (Å²) in [6.45, 7) is 3.44. The van der Waals surface area contributed by atoms with Crippen LogP contribution in [0.2, 0.25) is 0 Å². The summed E-state index contributed by atoms with van der Waals surface area (Å²) >= 11 is 0. The number of hydrogen-bond acceptors (Lipinski definition) is 2. The Morgan fingerprint density at radius 3 is 2.38 bits per heavy atom. The summed E-state index contributed by atoms with van der Waals surface area (Å²) in [7, 11) is 2.96. The molecule has 45 valence electrons. The van der Waals surface area contributed by atoms with Gasteiger partial charge in [-0.3, -0.25) is 0 Å². The van der Waals surface area contributed by atoms with Gasteiger partial charge in [0.05, 0.1) is 0 Å². The molecule has 0 fully saturated rings. The number of carbonyl (C=O) groups excluding carboxylic acids is 1. The number of rotatable bonds is 1. The lowest BCUT2D eigenvalue weighted by molar-refractivity contribution is -0.133. The predicted molar refractivity (Wildman–Crippen MR) is 30.9 cm³/mol. The monoisotopic (exact) mass is 113 g/mol. The maximum Gasteiger partial charge on any atom is 0.333 e. The average Bonchev–Trinajstić information content (AvgIpc) is 1.84. The minimum atomic E-state index is -0.368. The van der Waals surface area contributed by atoms with Crippen molar-refractivity contribution < 1.29 is 9.53 Å². The maximum atomic E-state index is 10.4. The van der Waals surface area contributed by atoms with Gasteiger partial charge in [0.1, 0.15) is 7.11 Å². The maximum absolute atomic E-state index is 10.4. The molecular weight excluding hydrogens is 104 g/mol. The van der Waals surface area contributed by atoms with Crippen molar-refractivity contribution in [2.75, 3.05) is 0 Å². The zero-order valence-corrected chi connectivity index (χ0v) is 5.10. The van der Waals surface area contributed by atoms with Crippen molar-refractivity contribution in [1.29, 1.82) is 0 Å². The van der Waals surface area contributed by atoms with Crippen LogP contribution in [0.4, 0.5) is 0 Å². The lowest BCUT2D eigenvalue weighted by Gasteiger charge is -1.93. The highest BCUT2D eigenvalue weighted by Gasteiger charge is 1.98. The largest absolute Gasteiger partial charge is 0.459 e. The van der Waals surface area contributed by atoms with Gasteiger partial charge < -0.3 is 4.74 Å². The molecule has 0 bridgehead atoms. The zero-order chi connectivity index (χ0) is 6.57. The van der Waals surface area contributed by atoms with Gasteiger partial charge in [-0.05, 0) is 13.8 Å². The fraction of sp³-hybridized carbons (Fsp3) is 0.333. The topological polar surface area (TPSA) is 26.3 Å². The number of ether oxygens (including phenoxy) is 1. The Morgan fingerprint density at radius 2 is 2.25 bits per heavy atom. The van der Waals surface area contributed by atoms with E-state index in [1.165, 1.54) is 0 Å². The van der Waals surface area contributed by atoms with Gasteiger partial charge >= 0.3 is 5.97 Å². The number of allylic oxidation sites excluding steroid dienone is 1. The highest BCUT2D eigenvalue weighted by atomic mass is 16.5. The molecule has 0 amide bonds. The van der Waals surface area contributed by atoms with Crippen molar-refractivity contribution in [1.82, 2.24) is 0 Å². The van der Waals surface area contributed by atoms with E-state index in [1.54, 1.807) is 19.9 Å². The molecule has 0 aliphatic rings. The first-order valence-electron chi connectivity index (χ1n) is 2.31. The second-order valence-electron chi connectivity index (χ2n) is 1.40. The highest BCUT2D eigenvalue weighted by Crippen LogP contribution is 1.93. The molecule has 0 aliphatic carbocycles. The Kier molecular flexibility index (Phi) is 2.92. The molecule has 0 aromatic rings. The summed E-state index contributed by atoms with van der Waals surface area (Å²) in [5.74, 6) is -0.368. The number of carbonyl (C=O) groups is 1. The Hall–Kier alpha value is -0.790. The molecular formula is C6H9O2. The molecule has 0 N–H and O–H groups in total. The van der Waals surface area contributed by atoms with E-state index in [0.29, 0.717) is 5.57 Å². The van der Waals surface area contributed by atoms with E-state index < -0.39 is 0 Å². The van der Waals surface area contributed by atoms with Crippen LogP contribution in [0.25, 0.3) is 0 Å². The molecule has 0 aliphatic heterocycles. The van der Waals surface area contributed by atoms with Crippen molar-refractivity contribution in [3.8, 4) is 0 Å². The summed E-state index contributed by atoms with van der Waals surface area (Å²) in [5.41, 5.74) is 0.583. The van der Waals surface area contributed by atoms with Gasteiger partial charge in [-0.15, -0.1) is 0 Å². The van der Waals surface area contributed by atoms with Gasteiger partial charge in [0.2, 0.25) is 0 Å². The zero-order valence-electron chi connectivity index (χ0n) is 5.10. The van der Waals surface area contributed by atoms with Crippen molar-refractivity contribution in [3.63, 3.8) is 0 Å². The molecule has 0 aromatic carbocycles. The van der Waals surface area contributed by atoms with Crippen LogP contribution in [0.5, 0.6) is 0 Å². The van der Waals surface area contributed by atoms with E-state index in [9.17, 15) is 4.79 Å². The van der Waals surface area contributed by atoms with E-state index in [0.717, 1.165) is 0 Å². The molecule has 1 radical (unpaired) electrons. The van der Waals surface area contributed by atoms with Crippen LogP contribution in [0.3, 0.4) is 0 Å². The Labute approximate surface area is 49.1 Å². The van der Waals surface area contributed by atoms with Crippen molar-refractivity contribution in [3.05, 3.63) is 18.8 Å². The molecule has 2 heteroatoms. The van der Waals surface area contributed by atoms with Crippen molar-refractivity contribution in [2.24, 2.45) is 0 Å². The van der Waals surface area contributed by atoms with Gasteiger partial charge in [-0.1, -0.05) is 6.08 Å². The lowest BCUT2D eigenvalue weighted by Crippen LogP contribution is -1.98. The second-order valence-corrected chi connectivity index (χ2v) is 1.40. The highest BCUT2D eigenvalue weighted by molar-refractivity contribution is 5.87. The molecule has 0 rings (SSSR count). The molecule has 0 atom stereocenters. The summed E-state index contributed by atoms with van der Waals surface area (Å²) in [4.78, 5) is 10.4. The fourth-order valence-corrected chi connectivity index (χ4v) is 0.232. The van der Waals surface area contributed by atoms with E-state index in [1.807, 2.05) is 0 Å². The van der Waals surface area contributed by atoms with Crippen LogP contribution >= 0.6 is 0 Å². The molecule has 2 nitrogen and oxygen atoms in total. The van der Waals surface area contributed by atoms with E-state index in [-0.39, 0.29) is 5.97 Å². The normalized spacial score (nSPS) is 11.1. The van der Waals surface area contributed by atoms with Crippen LogP contribution in [-0.2, 0) is 9.53 Å². The SMILES string of the molecule is [CH2]OC(=O)/C(C)=C/C. The van der Waals surface area contributed by atoms with Crippen molar-refractivity contribution >= 4 is 5.97 Å². The summed E-state index contributed by atoms with van der Waals surface area (Å²) < 4.78 is 4.15. The summed E-state index contributed by atoms with van der Waals surface area (Å²) in [5, 5.41) is 0. The van der Waals surface area contributed by atoms with Crippen LogP contribution in [0.15, 0.2) is 11.6 Å². The van der Waals surface area contributed by atoms with Gasteiger partial charge in [0.25, 0.3) is 0 Å². The van der Waals surface area contributed by atoms with Gasteiger partial charge in [-0.2, -0.15) is 0 Å². The van der Waals surface area contributed by atoms with E-state index in [2.05, 4.69) is 11.8 Å². The third kappa shape index (κ3) is 1.78. The third-order valence-corrected chi connectivity index (χ3v) is 0.886. The van der Waals surface area contributed by atoms with Crippen molar-refractivity contribution in [2.45, 2.75) is 13.8 Å². The Bertz CT molecular complexity index is 114. The summed E-state index contributed by atoms with van der Waals surface area (Å²) in [6, 6.07) is 0. The Balaban J connectivity index is 3.83. The van der Waals surface area contributed by atoms with Crippen LogP contribution < -0.4 is 0 Å². The van der Waals surface area contributed by atoms with Crippen LogP contribution in [-0.4, -0.2) is 5.97 Å². The van der Waals surface area contributed by atoms with Crippen LogP contribution in [0, 0.1) is 7.11 Å². The smallest absolute Gasteiger partial charge is 0.333 e. The van der Waals surface area contributed by atoms with Crippen LogP contribution in [0.1, 0.15) is 13.8 Å². The minimum Gasteiger partial charge on any atom is -0.459 e. The van der Waals surface area contributed by atoms with E-state index >= 15 is 0 Å². The second kappa shape index (κ2) is 3.24. The molecule has 0 heterocycles. The Morgan fingerprint density at radius 1 is 1.75 bits per heavy atom. The quantitative estimate of drug-likeness (QED) is 0.378. The molecule has 0 saturated heterocycles. The molecule has 8 heavy (non-hydrogen) atoms. The number of esters is 1. The first kappa shape index (κ1) is 7.21. The standard InChI is InChI=1S/C6H9O2/c1-4-5(2)6(7)8-3/h4H,3H2,1-2H3/b5-4+. The first-order valence-corrected chi connectivity index (χ1v) is 2.31. The van der Waals surface area contributed by atoms with Gasteiger partial charge in [0.15, 0.2) is 0 Å². The average molecular weight is 113 g/mol. The molecule has 0 spiro atoms. The number of hydrogen-bond donors (Lipinski definition) is 0. The van der Waals surface area contributed by atoms with Gasteiger partial charge in [0, 0.05) is 5.57 Å². The lowest BCUT2D eigenvalue weighted by atomic mass is 10.3. The molecule has 0 unspecified atom stereocenters. The molecule has 0 saturated carbocycles.